The van der Waals surface area contributed by atoms with Gasteiger partial charge < -0.3 is 5.11 Å². The first-order valence-electron chi connectivity index (χ1n) is 4.32. The Morgan fingerprint density at radius 3 is 2.67 bits per heavy atom. The van der Waals surface area contributed by atoms with Gasteiger partial charge >= 0.3 is 0 Å². The van der Waals surface area contributed by atoms with E-state index < -0.39 is 6.10 Å². The molecule has 0 fully saturated rings. The molecule has 0 spiro atoms. The maximum atomic E-state index is 9.95. The SMILES string of the molecule is OC(c1cncc(Br)c1)c1cnccn1. The van der Waals surface area contributed by atoms with Crippen molar-refractivity contribution < 1.29 is 5.11 Å². The standard InChI is InChI=1S/C10H8BrN3O/c11-8-3-7(4-13-5-8)10(15)9-6-12-1-2-14-9/h1-6,10,15H. The van der Waals surface area contributed by atoms with Gasteiger partial charge in [0, 0.05) is 34.8 Å². The molecular weight excluding hydrogens is 258 g/mol. The van der Waals surface area contributed by atoms with Crippen LogP contribution >= 0.6 is 15.9 Å². The molecule has 0 aliphatic rings. The molecule has 0 saturated heterocycles. The first-order chi connectivity index (χ1) is 7.27. The van der Waals surface area contributed by atoms with Gasteiger partial charge in [0.25, 0.3) is 0 Å². The Morgan fingerprint density at radius 2 is 2.00 bits per heavy atom. The molecule has 1 N–H and O–H groups in total. The van der Waals surface area contributed by atoms with Crippen LogP contribution in [-0.4, -0.2) is 20.1 Å². The summed E-state index contributed by atoms with van der Waals surface area (Å²) in [6, 6.07) is 1.80. The maximum Gasteiger partial charge on any atom is 0.124 e. The average molecular weight is 266 g/mol. The van der Waals surface area contributed by atoms with Crippen LogP contribution < -0.4 is 0 Å². The zero-order valence-electron chi connectivity index (χ0n) is 7.71. The van der Waals surface area contributed by atoms with E-state index in [1.165, 1.54) is 6.20 Å². The van der Waals surface area contributed by atoms with Gasteiger partial charge in [-0.1, -0.05) is 0 Å². The topological polar surface area (TPSA) is 58.9 Å². The number of nitrogens with zero attached hydrogens (tertiary/aromatic N) is 3. The van der Waals surface area contributed by atoms with E-state index in [4.69, 9.17) is 0 Å². The lowest BCUT2D eigenvalue weighted by Gasteiger charge is -2.09. The summed E-state index contributed by atoms with van der Waals surface area (Å²) in [6.07, 6.45) is 7.12. The molecule has 0 radical (unpaired) electrons. The van der Waals surface area contributed by atoms with E-state index in [0.29, 0.717) is 11.3 Å². The number of aliphatic hydroxyl groups excluding tert-OH is 1. The smallest absolute Gasteiger partial charge is 0.124 e. The van der Waals surface area contributed by atoms with Crippen molar-refractivity contribution in [2.24, 2.45) is 0 Å². The van der Waals surface area contributed by atoms with Crippen LogP contribution in [0.15, 0.2) is 41.5 Å². The molecule has 15 heavy (non-hydrogen) atoms. The summed E-state index contributed by atoms with van der Waals surface area (Å²) in [5.41, 5.74) is 1.20. The van der Waals surface area contributed by atoms with Gasteiger partial charge in [-0.15, -0.1) is 0 Å². The molecule has 1 atom stereocenters. The van der Waals surface area contributed by atoms with Crippen LogP contribution in [-0.2, 0) is 0 Å². The summed E-state index contributed by atoms with van der Waals surface area (Å²) in [5, 5.41) is 9.95. The van der Waals surface area contributed by atoms with Crippen LogP contribution in [0.3, 0.4) is 0 Å². The second-order valence-electron chi connectivity index (χ2n) is 2.97. The van der Waals surface area contributed by atoms with Gasteiger partial charge in [0.05, 0.1) is 11.9 Å². The van der Waals surface area contributed by atoms with Crippen molar-refractivity contribution >= 4 is 15.9 Å². The van der Waals surface area contributed by atoms with E-state index >= 15 is 0 Å². The molecular formula is C10H8BrN3O. The third kappa shape index (κ3) is 2.37. The Morgan fingerprint density at radius 1 is 1.13 bits per heavy atom. The summed E-state index contributed by atoms with van der Waals surface area (Å²) in [6.45, 7) is 0. The quantitative estimate of drug-likeness (QED) is 0.899. The highest BCUT2D eigenvalue weighted by molar-refractivity contribution is 9.10. The van der Waals surface area contributed by atoms with Crippen molar-refractivity contribution in [3.8, 4) is 0 Å². The van der Waals surface area contributed by atoms with Crippen molar-refractivity contribution in [2.45, 2.75) is 6.10 Å². The molecule has 0 saturated carbocycles. The average Bonchev–Trinajstić information content (AvgIpc) is 2.29. The number of rotatable bonds is 2. The van der Waals surface area contributed by atoms with Crippen LogP contribution in [0.2, 0.25) is 0 Å². The van der Waals surface area contributed by atoms with Crippen molar-refractivity contribution in [2.75, 3.05) is 0 Å². The van der Waals surface area contributed by atoms with Gasteiger partial charge in [0.2, 0.25) is 0 Å². The third-order valence-electron chi connectivity index (χ3n) is 1.91. The fraction of sp³-hybridized carbons (Fsp3) is 0.100. The predicted molar refractivity (Wildman–Crippen MR) is 58.0 cm³/mol. The zero-order valence-corrected chi connectivity index (χ0v) is 9.29. The van der Waals surface area contributed by atoms with Crippen LogP contribution in [0.25, 0.3) is 0 Å². The highest BCUT2D eigenvalue weighted by atomic mass is 79.9. The maximum absolute atomic E-state index is 9.95. The minimum absolute atomic E-state index is 0.511. The van der Waals surface area contributed by atoms with Crippen molar-refractivity contribution in [1.29, 1.82) is 0 Å². The zero-order chi connectivity index (χ0) is 10.7. The second-order valence-corrected chi connectivity index (χ2v) is 3.88. The van der Waals surface area contributed by atoms with Crippen LogP contribution in [0.5, 0.6) is 0 Å². The Bertz CT molecular complexity index is 449. The Hall–Kier alpha value is -1.33. The molecule has 2 aromatic heterocycles. The van der Waals surface area contributed by atoms with Crippen molar-refractivity contribution in [3.05, 3.63) is 52.8 Å². The van der Waals surface area contributed by atoms with Gasteiger partial charge in [-0.05, 0) is 22.0 Å². The molecule has 76 valence electrons. The van der Waals surface area contributed by atoms with E-state index in [1.807, 2.05) is 0 Å². The van der Waals surface area contributed by atoms with E-state index in [-0.39, 0.29) is 0 Å². The highest BCUT2D eigenvalue weighted by Gasteiger charge is 2.12. The second kappa shape index (κ2) is 4.46. The molecule has 4 nitrogen and oxygen atoms in total. The fourth-order valence-electron chi connectivity index (χ4n) is 1.20. The summed E-state index contributed by atoms with van der Waals surface area (Å²) < 4.78 is 0.822. The molecule has 0 amide bonds. The van der Waals surface area contributed by atoms with Gasteiger partial charge in [-0.3, -0.25) is 15.0 Å². The lowest BCUT2D eigenvalue weighted by molar-refractivity contribution is 0.214. The molecule has 5 heteroatoms. The van der Waals surface area contributed by atoms with Crippen LogP contribution in [0.4, 0.5) is 0 Å². The summed E-state index contributed by atoms with van der Waals surface area (Å²) in [7, 11) is 0. The first kappa shape index (κ1) is 10.2. The van der Waals surface area contributed by atoms with Crippen molar-refractivity contribution in [3.63, 3.8) is 0 Å². The van der Waals surface area contributed by atoms with E-state index in [2.05, 4.69) is 30.9 Å². The number of hydrogen-bond acceptors (Lipinski definition) is 4. The number of aromatic nitrogens is 3. The van der Waals surface area contributed by atoms with Gasteiger partial charge in [-0.2, -0.15) is 0 Å². The number of aliphatic hydroxyl groups is 1. The Balaban J connectivity index is 2.32. The largest absolute Gasteiger partial charge is 0.382 e. The predicted octanol–water partition coefficient (Wildman–Crippen LogP) is 1.72. The number of halogens is 1. The third-order valence-corrected chi connectivity index (χ3v) is 2.34. The Labute approximate surface area is 95.2 Å². The first-order valence-corrected chi connectivity index (χ1v) is 5.11. The number of pyridine rings is 1. The van der Waals surface area contributed by atoms with Gasteiger partial charge in [0.15, 0.2) is 0 Å². The van der Waals surface area contributed by atoms with Crippen molar-refractivity contribution in [1.82, 2.24) is 15.0 Å². The normalized spacial score (nSPS) is 12.4. The van der Waals surface area contributed by atoms with Gasteiger partial charge in [0.1, 0.15) is 6.10 Å². The summed E-state index contributed by atoms with van der Waals surface area (Å²) >= 11 is 3.29. The molecule has 0 bridgehead atoms. The molecule has 0 aliphatic heterocycles. The summed E-state index contributed by atoms with van der Waals surface area (Å²) in [5.74, 6) is 0. The van der Waals surface area contributed by atoms with Gasteiger partial charge in [-0.25, -0.2) is 0 Å². The molecule has 1 unspecified atom stereocenters. The van der Waals surface area contributed by atoms with Crippen LogP contribution in [0, 0.1) is 0 Å². The number of hydrogen-bond donors (Lipinski definition) is 1. The highest BCUT2D eigenvalue weighted by Crippen LogP contribution is 2.20. The minimum atomic E-state index is -0.788. The molecule has 2 aromatic rings. The van der Waals surface area contributed by atoms with E-state index in [0.717, 1.165) is 4.47 Å². The monoisotopic (exact) mass is 265 g/mol. The summed E-state index contributed by atoms with van der Waals surface area (Å²) in [4.78, 5) is 11.9. The van der Waals surface area contributed by atoms with E-state index in [1.54, 1.807) is 30.9 Å². The molecule has 2 heterocycles. The van der Waals surface area contributed by atoms with E-state index in [9.17, 15) is 5.11 Å². The molecule has 2 rings (SSSR count). The lowest BCUT2D eigenvalue weighted by atomic mass is 10.1. The molecule has 0 aliphatic carbocycles. The molecule has 0 aromatic carbocycles. The minimum Gasteiger partial charge on any atom is -0.382 e. The Kier molecular flexibility index (Phi) is 3.03. The van der Waals surface area contributed by atoms with Crippen LogP contribution in [0.1, 0.15) is 17.4 Å². The fourth-order valence-corrected chi connectivity index (χ4v) is 1.58. The lowest BCUT2D eigenvalue weighted by Crippen LogP contribution is -2.02.